The third-order valence-electron chi connectivity index (χ3n) is 2.48. The summed E-state index contributed by atoms with van der Waals surface area (Å²) in [6, 6.07) is 0.0217. The van der Waals surface area contributed by atoms with Gasteiger partial charge in [-0.25, -0.2) is 0 Å². The second-order valence-corrected chi connectivity index (χ2v) is 4.50. The van der Waals surface area contributed by atoms with Gasteiger partial charge in [0.15, 0.2) is 5.82 Å². The van der Waals surface area contributed by atoms with Crippen molar-refractivity contribution in [1.82, 2.24) is 15.5 Å². The predicted octanol–water partition coefficient (Wildman–Crippen LogP) is 0.663. The maximum Gasteiger partial charge on any atom is 0.243 e. The van der Waals surface area contributed by atoms with Crippen molar-refractivity contribution in [1.29, 1.82) is 0 Å². The van der Waals surface area contributed by atoms with Crippen LogP contribution in [0.4, 0.5) is 0 Å². The molecule has 5 heteroatoms. The van der Waals surface area contributed by atoms with E-state index in [9.17, 15) is 5.11 Å². The average molecular weight is 211 g/mol. The van der Waals surface area contributed by atoms with E-state index in [1.807, 2.05) is 0 Å². The lowest BCUT2D eigenvalue weighted by Gasteiger charge is -2.01. The summed E-state index contributed by atoms with van der Waals surface area (Å²) in [6.45, 7) is 4.84. The molecule has 0 spiro atoms. The van der Waals surface area contributed by atoms with Crippen LogP contribution in [0.25, 0.3) is 0 Å². The van der Waals surface area contributed by atoms with Crippen molar-refractivity contribution in [3.05, 3.63) is 11.7 Å². The molecule has 0 bridgehead atoms. The molecule has 0 radical (unpaired) electrons. The monoisotopic (exact) mass is 211 g/mol. The number of hydrogen-bond donors (Lipinski definition) is 2. The van der Waals surface area contributed by atoms with E-state index in [4.69, 9.17) is 4.52 Å². The van der Waals surface area contributed by atoms with Gasteiger partial charge in [0.1, 0.15) is 0 Å². The zero-order valence-electron chi connectivity index (χ0n) is 9.10. The highest BCUT2D eigenvalue weighted by atomic mass is 16.5. The summed E-state index contributed by atoms with van der Waals surface area (Å²) in [6.07, 6.45) is 1.19. The van der Waals surface area contributed by atoms with Crippen molar-refractivity contribution in [2.24, 2.45) is 5.92 Å². The Hall–Kier alpha value is -0.940. The number of aliphatic hydroxyl groups is 1. The molecular weight excluding hydrogens is 194 g/mol. The standard InChI is InChI=1S/C10H17N3O2/c1-6(2)3-9-12-10(15-13-9)8-4-7(14)5-11-8/h6-8,11,14H,3-5H2,1-2H3/t7-,8-/m0/s1. The Morgan fingerprint density at radius 3 is 3.00 bits per heavy atom. The van der Waals surface area contributed by atoms with E-state index in [1.54, 1.807) is 0 Å². The van der Waals surface area contributed by atoms with E-state index in [0.717, 1.165) is 12.2 Å². The molecule has 0 amide bonds. The van der Waals surface area contributed by atoms with E-state index < -0.39 is 0 Å². The summed E-state index contributed by atoms with van der Waals surface area (Å²) in [7, 11) is 0. The van der Waals surface area contributed by atoms with Gasteiger partial charge in [-0.3, -0.25) is 0 Å². The van der Waals surface area contributed by atoms with Crippen LogP contribution >= 0.6 is 0 Å². The summed E-state index contributed by atoms with van der Waals surface area (Å²) < 4.78 is 5.16. The molecule has 1 aliphatic heterocycles. The number of rotatable bonds is 3. The third kappa shape index (κ3) is 2.54. The number of hydrogen-bond acceptors (Lipinski definition) is 5. The van der Waals surface area contributed by atoms with Crippen LogP contribution in [-0.2, 0) is 6.42 Å². The van der Waals surface area contributed by atoms with Gasteiger partial charge in [-0.15, -0.1) is 0 Å². The van der Waals surface area contributed by atoms with Crippen molar-refractivity contribution >= 4 is 0 Å². The SMILES string of the molecule is CC(C)Cc1noc([C@@H]2C[C@H](O)CN2)n1. The molecule has 15 heavy (non-hydrogen) atoms. The highest BCUT2D eigenvalue weighted by Gasteiger charge is 2.27. The van der Waals surface area contributed by atoms with E-state index in [1.165, 1.54) is 0 Å². The molecule has 2 heterocycles. The maximum absolute atomic E-state index is 9.36. The molecule has 0 aliphatic carbocycles. The second kappa shape index (κ2) is 4.28. The highest BCUT2D eigenvalue weighted by Crippen LogP contribution is 2.21. The van der Waals surface area contributed by atoms with Gasteiger partial charge in [0.05, 0.1) is 12.1 Å². The van der Waals surface area contributed by atoms with E-state index in [-0.39, 0.29) is 12.1 Å². The first kappa shape index (κ1) is 10.6. The van der Waals surface area contributed by atoms with Gasteiger partial charge in [0, 0.05) is 13.0 Å². The van der Waals surface area contributed by atoms with Gasteiger partial charge in [-0.05, 0) is 12.3 Å². The molecule has 1 aromatic heterocycles. The summed E-state index contributed by atoms with van der Waals surface area (Å²) >= 11 is 0. The van der Waals surface area contributed by atoms with Gasteiger partial charge in [-0.1, -0.05) is 19.0 Å². The topological polar surface area (TPSA) is 71.2 Å². The van der Waals surface area contributed by atoms with Gasteiger partial charge in [0.2, 0.25) is 5.89 Å². The predicted molar refractivity (Wildman–Crippen MR) is 54.2 cm³/mol. The van der Waals surface area contributed by atoms with Crippen molar-refractivity contribution < 1.29 is 9.63 Å². The Morgan fingerprint density at radius 1 is 1.60 bits per heavy atom. The largest absolute Gasteiger partial charge is 0.392 e. The van der Waals surface area contributed by atoms with Crippen LogP contribution in [0.3, 0.4) is 0 Å². The molecule has 1 fully saturated rings. The van der Waals surface area contributed by atoms with Crippen LogP contribution in [0.1, 0.15) is 38.0 Å². The molecule has 0 unspecified atom stereocenters. The number of aromatic nitrogens is 2. The van der Waals surface area contributed by atoms with Crippen LogP contribution in [0, 0.1) is 5.92 Å². The van der Waals surface area contributed by atoms with Gasteiger partial charge >= 0.3 is 0 Å². The lowest BCUT2D eigenvalue weighted by Crippen LogP contribution is -2.15. The minimum absolute atomic E-state index is 0.0217. The fourth-order valence-corrected chi connectivity index (χ4v) is 1.76. The Labute approximate surface area is 88.9 Å². The molecule has 1 aliphatic rings. The first-order valence-electron chi connectivity index (χ1n) is 5.39. The molecular formula is C10H17N3O2. The smallest absolute Gasteiger partial charge is 0.243 e. The second-order valence-electron chi connectivity index (χ2n) is 4.50. The Morgan fingerprint density at radius 2 is 2.40 bits per heavy atom. The van der Waals surface area contributed by atoms with Gasteiger partial charge in [-0.2, -0.15) is 4.98 Å². The van der Waals surface area contributed by atoms with Crippen molar-refractivity contribution in [3.63, 3.8) is 0 Å². The lowest BCUT2D eigenvalue weighted by molar-refractivity contribution is 0.191. The summed E-state index contributed by atoms with van der Waals surface area (Å²) in [5, 5.41) is 16.4. The van der Waals surface area contributed by atoms with Crippen molar-refractivity contribution in [2.75, 3.05) is 6.54 Å². The number of β-amino-alcohol motifs (C(OH)–C–C–N with tert-alkyl or cyclic N) is 1. The molecule has 2 N–H and O–H groups in total. The molecule has 5 nitrogen and oxygen atoms in total. The van der Waals surface area contributed by atoms with Crippen LogP contribution in [-0.4, -0.2) is 27.9 Å². The van der Waals surface area contributed by atoms with Crippen molar-refractivity contribution in [2.45, 2.75) is 38.8 Å². The highest BCUT2D eigenvalue weighted by molar-refractivity contribution is 4.97. The quantitative estimate of drug-likeness (QED) is 0.768. The third-order valence-corrected chi connectivity index (χ3v) is 2.48. The Bertz CT molecular complexity index is 324. The molecule has 2 rings (SSSR count). The Kier molecular flexibility index (Phi) is 3.02. The molecule has 0 aromatic carbocycles. The van der Waals surface area contributed by atoms with E-state index in [0.29, 0.717) is 24.8 Å². The van der Waals surface area contributed by atoms with Gasteiger partial charge in [0.25, 0.3) is 0 Å². The number of nitrogens with one attached hydrogen (secondary N) is 1. The summed E-state index contributed by atoms with van der Waals surface area (Å²) in [5.74, 6) is 1.88. The van der Waals surface area contributed by atoms with E-state index in [2.05, 4.69) is 29.3 Å². The first-order valence-corrected chi connectivity index (χ1v) is 5.39. The normalized spacial score (nSPS) is 26.4. The average Bonchev–Trinajstić information content (AvgIpc) is 2.72. The minimum atomic E-state index is -0.296. The minimum Gasteiger partial charge on any atom is -0.392 e. The van der Waals surface area contributed by atoms with Gasteiger partial charge < -0.3 is 14.9 Å². The zero-order valence-corrected chi connectivity index (χ0v) is 9.10. The van der Waals surface area contributed by atoms with Crippen LogP contribution in [0.5, 0.6) is 0 Å². The molecule has 0 saturated carbocycles. The number of nitrogens with zero attached hydrogens (tertiary/aromatic N) is 2. The van der Waals surface area contributed by atoms with Crippen molar-refractivity contribution in [3.8, 4) is 0 Å². The fraction of sp³-hybridized carbons (Fsp3) is 0.800. The van der Waals surface area contributed by atoms with Crippen LogP contribution < -0.4 is 5.32 Å². The fourth-order valence-electron chi connectivity index (χ4n) is 1.76. The lowest BCUT2D eigenvalue weighted by atomic mass is 10.1. The summed E-state index contributed by atoms with van der Waals surface area (Å²) in [5.41, 5.74) is 0. The molecule has 84 valence electrons. The van der Waals surface area contributed by atoms with Crippen LogP contribution in [0.15, 0.2) is 4.52 Å². The molecule has 2 atom stereocenters. The number of aliphatic hydroxyl groups excluding tert-OH is 1. The molecule has 1 aromatic rings. The van der Waals surface area contributed by atoms with E-state index >= 15 is 0 Å². The Balaban J connectivity index is 2.00. The maximum atomic E-state index is 9.36. The zero-order chi connectivity index (χ0) is 10.8. The first-order chi connectivity index (χ1) is 7.15. The molecule has 1 saturated heterocycles. The van der Waals surface area contributed by atoms with Crippen LogP contribution in [0.2, 0.25) is 0 Å². The summed E-state index contributed by atoms with van der Waals surface area (Å²) in [4.78, 5) is 4.32.